The van der Waals surface area contributed by atoms with Crippen LogP contribution in [0.5, 0.6) is 5.75 Å². The summed E-state index contributed by atoms with van der Waals surface area (Å²) in [6.07, 6.45) is 1.13. The number of hydrogen-bond acceptors (Lipinski definition) is 3. The molecule has 0 spiro atoms. The van der Waals surface area contributed by atoms with E-state index in [4.69, 9.17) is 9.47 Å². The summed E-state index contributed by atoms with van der Waals surface area (Å²) in [7, 11) is 0. The highest BCUT2D eigenvalue weighted by atomic mass is 16.5. The minimum atomic E-state index is 0.0952. The van der Waals surface area contributed by atoms with Gasteiger partial charge in [0.1, 0.15) is 12.4 Å². The highest BCUT2D eigenvalue weighted by Gasteiger charge is 2.31. The minimum absolute atomic E-state index is 0.0952. The van der Waals surface area contributed by atoms with Gasteiger partial charge in [-0.3, -0.25) is 4.90 Å². The Bertz CT molecular complexity index is 662. The van der Waals surface area contributed by atoms with Crippen molar-refractivity contribution >= 4 is 0 Å². The topological polar surface area (TPSA) is 21.7 Å². The van der Waals surface area contributed by atoms with Gasteiger partial charge in [-0.1, -0.05) is 69.3 Å². The zero-order chi connectivity index (χ0) is 20.5. The van der Waals surface area contributed by atoms with Crippen LogP contribution in [0.1, 0.15) is 46.6 Å². The molecule has 0 amide bonds. The molecule has 0 radical (unpaired) electrons. The van der Waals surface area contributed by atoms with E-state index >= 15 is 0 Å². The molecule has 2 rings (SSSR count). The fourth-order valence-electron chi connectivity index (χ4n) is 3.82. The van der Waals surface area contributed by atoms with Crippen LogP contribution in [0.25, 0.3) is 0 Å². The Hall–Kier alpha value is -1.84. The van der Waals surface area contributed by atoms with Gasteiger partial charge >= 0.3 is 0 Å². The molecule has 2 aromatic carbocycles. The zero-order valence-electron chi connectivity index (χ0n) is 18.3. The molecule has 0 aliphatic carbocycles. The number of para-hydroxylation sites is 1. The van der Waals surface area contributed by atoms with Crippen molar-refractivity contribution in [3.8, 4) is 5.75 Å². The summed E-state index contributed by atoms with van der Waals surface area (Å²) in [5.74, 6) is 0.892. The molecule has 0 saturated carbocycles. The molecule has 2 aromatic rings. The van der Waals surface area contributed by atoms with E-state index in [0.29, 0.717) is 19.8 Å². The normalized spacial score (nSPS) is 12.4. The number of hydrogen-bond donors (Lipinski definition) is 0. The van der Waals surface area contributed by atoms with Crippen molar-refractivity contribution in [1.82, 2.24) is 4.90 Å². The molecular weight excluding hydrogens is 346 g/mol. The van der Waals surface area contributed by atoms with Crippen LogP contribution < -0.4 is 4.74 Å². The summed E-state index contributed by atoms with van der Waals surface area (Å²) in [4.78, 5) is 2.55. The molecule has 0 heterocycles. The van der Waals surface area contributed by atoms with Crippen LogP contribution in [0.2, 0.25) is 0 Å². The van der Waals surface area contributed by atoms with Crippen molar-refractivity contribution in [2.24, 2.45) is 5.41 Å². The van der Waals surface area contributed by atoms with E-state index in [0.717, 1.165) is 25.3 Å². The minimum Gasteiger partial charge on any atom is -0.491 e. The SMILES string of the molecule is CC(C)(C)CC(C)(C)N(CCOCCOc1ccccc1)Cc1ccccc1. The Labute approximate surface area is 171 Å². The molecule has 3 heteroatoms. The van der Waals surface area contributed by atoms with Crippen molar-refractivity contribution in [3.63, 3.8) is 0 Å². The third-order valence-corrected chi connectivity index (χ3v) is 4.78. The first-order valence-electron chi connectivity index (χ1n) is 10.3. The standard InChI is InChI=1S/C25H37NO2/c1-24(2,3)21-25(4,5)26(20-22-12-8-6-9-13-22)16-17-27-18-19-28-23-14-10-7-11-15-23/h6-15H,16-21H2,1-5H3. The Morgan fingerprint density at radius 1 is 0.750 bits per heavy atom. The quantitative estimate of drug-likeness (QED) is 0.458. The van der Waals surface area contributed by atoms with Gasteiger partial charge in [-0.05, 0) is 43.4 Å². The van der Waals surface area contributed by atoms with Crippen LogP contribution in [-0.2, 0) is 11.3 Å². The fourth-order valence-corrected chi connectivity index (χ4v) is 3.82. The molecule has 28 heavy (non-hydrogen) atoms. The van der Waals surface area contributed by atoms with Crippen molar-refractivity contribution in [1.29, 1.82) is 0 Å². The Kier molecular flexibility index (Phi) is 8.53. The molecule has 0 atom stereocenters. The lowest BCUT2D eigenvalue weighted by molar-refractivity contribution is 0.0250. The van der Waals surface area contributed by atoms with Crippen molar-refractivity contribution < 1.29 is 9.47 Å². The Morgan fingerprint density at radius 2 is 1.36 bits per heavy atom. The average Bonchev–Trinajstić information content (AvgIpc) is 2.63. The second-order valence-corrected chi connectivity index (χ2v) is 9.23. The highest BCUT2D eigenvalue weighted by Crippen LogP contribution is 2.32. The molecule has 0 N–H and O–H groups in total. The molecule has 0 unspecified atom stereocenters. The predicted octanol–water partition coefficient (Wildman–Crippen LogP) is 5.80. The van der Waals surface area contributed by atoms with Crippen molar-refractivity contribution in [2.75, 3.05) is 26.4 Å². The van der Waals surface area contributed by atoms with Gasteiger partial charge in [0.2, 0.25) is 0 Å². The third-order valence-electron chi connectivity index (χ3n) is 4.78. The summed E-state index contributed by atoms with van der Waals surface area (Å²) in [5.41, 5.74) is 1.72. The van der Waals surface area contributed by atoms with E-state index in [9.17, 15) is 0 Å². The largest absolute Gasteiger partial charge is 0.491 e. The van der Waals surface area contributed by atoms with E-state index < -0.39 is 0 Å². The van der Waals surface area contributed by atoms with E-state index in [1.54, 1.807) is 0 Å². The summed E-state index contributed by atoms with van der Waals surface area (Å²) < 4.78 is 11.6. The zero-order valence-corrected chi connectivity index (χ0v) is 18.3. The van der Waals surface area contributed by atoms with E-state index in [1.165, 1.54) is 5.56 Å². The summed E-state index contributed by atoms with van der Waals surface area (Å²) >= 11 is 0. The second-order valence-electron chi connectivity index (χ2n) is 9.23. The van der Waals surface area contributed by atoms with E-state index in [-0.39, 0.29) is 11.0 Å². The van der Waals surface area contributed by atoms with Gasteiger partial charge < -0.3 is 9.47 Å². The first-order chi connectivity index (χ1) is 13.3. The number of nitrogens with zero attached hydrogens (tertiary/aromatic N) is 1. The molecule has 0 fully saturated rings. The molecule has 0 saturated heterocycles. The number of ether oxygens (including phenoxy) is 2. The van der Waals surface area contributed by atoms with Gasteiger partial charge in [-0.25, -0.2) is 0 Å². The molecule has 3 nitrogen and oxygen atoms in total. The van der Waals surface area contributed by atoms with Crippen LogP contribution in [0.4, 0.5) is 0 Å². The van der Waals surface area contributed by atoms with Crippen LogP contribution >= 0.6 is 0 Å². The van der Waals surface area contributed by atoms with Crippen LogP contribution in [0.15, 0.2) is 60.7 Å². The monoisotopic (exact) mass is 383 g/mol. The highest BCUT2D eigenvalue weighted by molar-refractivity contribution is 5.20. The van der Waals surface area contributed by atoms with Crippen molar-refractivity contribution in [3.05, 3.63) is 66.2 Å². The maximum Gasteiger partial charge on any atom is 0.119 e. The second kappa shape index (κ2) is 10.6. The maximum atomic E-state index is 5.88. The Morgan fingerprint density at radius 3 is 1.96 bits per heavy atom. The summed E-state index contributed by atoms with van der Waals surface area (Å²) in [6, 6.07) is 20.6. The molecule has 154 valence electrons. The lowest BCUT2D eigenvalue weighted by atomic mass is 9.80. The smallest absolute Gasteiger partial charge is 0.119 e. The molecule has 0 bridgehead atoms. The van der Waals surface area contributed by atoms with Gasteiger partial charge in [0.25, 0.3) is 0 Å². The molecular formula is C25H37NO2. The third kappa shape index (κ3) is 8.45. The first-order valence-corrected chi connectivity index (χ1v) is 10.3. The van der Waals surface area contributed by atoms with Gasteiger partial charge in [0.05, 0.1) is 13.2 Å². The summed E-state index contributed by atoms with van der Waals surface area (Å²) in [5, 5.41) is 0. The average molecular weight is 384 g/mol. The predicted molar refractivity (Wildman–Crippen MR) is 118 cm³/mol. The van der Waals surface area contributed by atoms with Gasteiger partial charge in [-0.15, -0.1) is 0 Å². The lowest BCUT2D eigenvalue weighted by Crippen LogP contribution is -2.47. The van der Waals surface area contributed by atoms with E-state index in [1.807, 2.05) is 30.3 Å². The lowest BCUT2D eigenvalue weighted by Gasteiger charge is -2.42. The fraction of sp³-hybridized carbons (Fsp3) is 0.520. The first kappa shape index (κ1) is 22.4. The molecule has 0 aliphatic heterocycles. The van der Waals surface area contributed by atoms with Crippen molar-refractivity contribution in [2.45, 2.75) is 53.1 Å². The Balaban J connectivity index is 1.84. The van der Waals surface area contributed by atoms with Gasteiger partial charge in [0.15, 0.2) is 0 Å². The van der Waals surface area contributed by atoms with Crippen LogP contribution in [0.3, 0.4) is 0 Å². The molecule has 0 aliphatic rings. The number of rotatable bonds is 11. The maximum absolute atomic E-state index is 5.88. The van der Waals surface area contributed by atoms with Crippen LogP contribution in [-0.4, -0.2) is 36.8 Å². The van der Waals surface area contributed by atoms with Crippen LogP contribution in [0, 0.1) is 5.41 Å². The number of benzene rings is 2. The van der Waals surface area contributed by atoms with Gasteiger partial charge in [-0.2, -0.15) is 0 Å². The molecule has 0 aromatic heterocycles. The van der Waals surface area contributed by atoms with E-state index in [2.05, 4.69) is 69.9 Å². The summed E-state index contributed by atoms with van der Waals surface area (Å²) in [6.45, 7) is 15.4. The van der Waals surface area contributed by atoms with Gasteiger partial charge in [0, 0.05) is 18.6 Å².